The minimum atomic E-state index is 0.00459. The molecule has 1 N–H and O–H groups in total. The zero-order chi connectivity index (χ0) is 10.8. The van der Waals surface area contributed by atoms with Gasteiger partial charge in [-0.2, -0.15) is 0 Å². The molecule has 0 saturated heterocycles. The maximum absolute atomic E-state index is 11.2. The second-order valence-corrected chi connectivity index (χ2v) is 4.66. The topological polar surface area (TPSA) is 42.0 Å². The maximum atomic E-state index is 11.2. The summed E-state index contributed by atoms with van der Waals surface area (Å²) in [5, 5.41) is 2.79. The number of carbonyl (C=O) groups is 1. The van der Waals surface area contributed by atoms with Gasteiger partial charge < -0.3 is 5.32 Å². The predicted molar refractivity (Wildman–Crippen MR) is 63.6 cm³/mol. The van der Waals surface area contributed by atoms with Gasteiger partial charge in [-0.15, -0.1) is 11.3 Å². The van der Waals surface area contributed by atoms with Crippen molar-refractivity contribution in [3.05, 3.63) is 22.7 Å². The molecule has 5 heteroatoms. The average Bonchev–Trinajstić information content (AvgIpc) is 2.57. The number of benzene rings is 1. The predicted octanol–water partition coefficient (Wildman–Crippen LogP) is 3.30. The number of thiazole rings is 1. The van der Waals surface area contributed by atoms with E-state index in [0.29, 0.717) is 10.9 Å². The highest BCUT2D eigenvalue weighted by Crippen LogP contribution is 2.27. The summed E-state index contributed by atoms with van der Waals surface area (Å²) in [6.07, 6.45) is 0.474. The highest BCUT2D eigenvalue weighted by Gasteiger charge is 2.04. The minimum Gasteiger partial charge on any atom is -0.326 e. The Hall–Kier alpha value is -1.13. The van der Waals surface area contributed by atoms with Crippen LogP contribution in [0.5, 0.6) is 0 Å². The summed E-state index contributed by atoms with van der Waals surface area (Å²) in [5.41, 5.74) is 1.65. The Kier molecular flexibility index (Phi) is 2.88. The number of anilines is 1. The molecule has 0 aliphatic carbocycles. The Morgan fingerprint density at radius 2 is 2.40 bits per heavy atom. The summed E-state index contributed by atoms with van der Waals surface area (Å²) in [5.74, 6) is 0.00459. The lowest BCUT2D eigenvalue weighted by molar-refractivity contribution is -0.115. The van der Waals surface area contributed by atoms with E-state index < -0.39 is 0 Å². The van der Waals surface area contributed by atoms with Crippen molar-refractivity contribution in [2.24, 2.45) is 0 Å². The van der Waals surface area contributed by atoms with Crippen LogP contribution in [0.3, 0.4) is 0 Å². The number of nitrogens with zero attached hydrogens (tertiary/aromatic N) is 1. The van der Waals surface area contributed by atoms with Gasteiger partial charge in [0.1, 0.15) is 0 Å². The van der Waals surface area contributed by atoms with E-state index in [-0.39, 0.29) is 5.91 Å². The highest BCUT2D eigenvalue weighted by atomic mass is 35.5. The van der Waals surface area contributed by atoms with Crippen LogP contribution in [0.15, 0.2) is 18.2 Å². The van der Waals surface area contributed by atoms with Crippen LogP contribution in [-0.2, 0) is 4.79 Å². The van der Waals surface area contributed by atoms with Crippen molar-refractivity contribution in [2.75, 3.05) is 5.32 Å². The lowest BCUT2D eigenvalue weighted by atomic mass is 10.3. The number of rotatable bonds is 2. The van der Waals surface area contributed by atoms with Crippen LogP contribution in [0.25, 0.3) is 10.2 Å². The molecule has 2 aromatic rings. The number of fused-ring (bicyclic) bond motifs is 1. The number of aromatic nitrogens is 1. The van der Waals surface area contributed by atoms with Gasteiger partial charge in [-0.1, -0.05) is 18.5 Å². The molecule has 0 aliphatic rings. The molecule has 0 aliphatic heterocycles. The minimum absolute atomic E-state index is 0.00459. The van der Waals surface area contributed by atoms with E-state index in [1.54, 1.807) is 0 Å². The molecule has 0 fully saturated rings. The van der Waals surface area contributed by atoms with Gasteiger partial charge in [0.2, 0.25) is 5.91 Å². The standard InChI is InChI=1S/C10H9ClN2OS/c1-2-9(14)12-6-3-4-7-8(5-6)15-10(11)13-7/h3-5H,2H2,1H3,(H,12,14). The molecule has 0 radical (unpaired) electrons. The number of amides is 1. The highest BCUT2D eigenvalue weighted by molar-refractivity contribution is 7.22. The molecule has 15 heavy (non-hydrogen) atoms. The van der Waals surface area contributed by atoms with E-state index in [1.807, 2.05) is 25.1 Å². The Morgan fingerprint density at radius 3 is 3.13 bits per heavy atom. The maximum Gasteiger partial charge on any atom is 0.224 e. The molecule has 3 nitrogen and oxygen atoms in total. The van der Waals surface area contributed by atoms with Gasteiger partial charge in [0.15, 0.2) is 4.47 Å². The van der Waals surface area contributed by atoms with E-state index in [2.05, 4.69) is 10.3 Å². The van der Waals surface area contributed by atoms with Crippen LogP contribution < -0.4 is 5.32 Å². The number of hydrogen-bond donors (Lipinski definition) is 1. The van der Waals surface area contributed by atoms with Crippen LogP contribution in [0.2, 0.25) is 4.47 Å². The van der Waals surface area contributed by atoms with E-state index in [1.165, 1.54) is 11.3 Å². The first-order valence-corrected chi connectivity index (χ1v) is 5.74. The van der Waals surface area contributed by atoms with Crippen molar-refractivity contribution in [1.82, 2.24) is 4.98 Å². The first-order valence-electron chi connectivity index (χ1n) is 4.55. The smallest absolute Gasteiger partial charge is 0.224 e. The Balaban J connectivity index is 2.33. The molecule has 1 aromatic carbocycles. The zero-order valence-corrected chi connectivity index (χ0v) is 9.65. The fraction of sp³-hybridized carbons (Fsp3) is 0.200. The van der Waals surface area contributed by atoms with Gasteiger partial charge >= 0.3 is 0 Å². The molecule has 1 aromatic heterocycles. The zero-order valence-electron chi connectivity index (χ0n) is 8.08. The average molecular weight is 241 g/mol. The van der Waals surface area contributed by atoms with Crippen LogP contribution >= 0.6 is 22.9 Å². The van der Waals surface area contributed by atoms with Crippen molar-refractivity contribution in [2.45, 2.75) is 13.3 Å². The Labute approximate surface area is 96.1 Å². The lowest BCUT2D eigenvalue weighted by Gasteiger charge is -2.02. The van der Waals surface area contributed by atoms with Crippen LogP contribution in [-0.4, -0.2) is 10.9 Å². The van der Waals surface area contributed by atoms with E-state index in [9.17, 15) is 4.79 Å². The van der Waals surface area contributed by atoms with Gasteiger partial charge in [0.25, 0.3) is 0 Å². The number of halogens is 1. The molecule has 2 rings (SSSR count). The number of carbonyl (C=O) groups excluding carboxylic acids is 1. The fourth-order valence-electron chi connectivity index (χ4n) is 1.22. The number of hydrogen-bond acceptors (Lipinski definition) is 3. The summed E-state index contributed by atoms with van der Waals surface area (Å²) >= 11 is 7.19. The van der Waals surface area contributed by atoms with Gasteiger partial charge in [0.05, 0.1) is 10.2 Å². The first kappa shape index (κ1) is 10.4. The summed E-state index contributed by atoms with van der Waals surface area (Å²) in [6.45, 7) is 1.82. The van der Waals surface area contributed by atoms with Gasteiger partial charge in [-0.25, -0.2) is 4.98 Å². The normalized spacial score (nSPS) is 10.5. The largest absolute Gasteiger partial charge is 0.326 e. The molecule has 78 valence electrons. The summed E-state index contributed by atoms with van der Waals surface area (Å²) in [6, 6.07) is 5.56. The van der Waals surface area contributed by atoms with Gasteiger partial charge in [0, 0.05) is 12.1 Å². The summed E-state index contributed by atoms with van der Waals surface area (Å²) < 4.78 is 1.50. The van der Waals surface area contributed by atoms with Crippen molar-refractivity contribution >= 4 is 44.7 Å². The van der Waals surface area contributed by atoms with Crippen molar-refractivity contribution in [1.29, 1.82) is 0 Å². The molecular formula is C10H9ClN2OS. The molecule has 0 atom stereocenters. The molecule has 0 spiro atoms. The molecule has 0 saturated carbocycles. The molecule has 0 unspecified atom stereocenters. The lowest BCUT2D eigenvalue weighted by Crippen LogP contribution is -2.08. The summed E-state index contributed by atoms with van der Waals surface area (Å²) in [7, 11) is 0. The monoisotopic (exact) mass is 240 g/mol. The van der Waals surface area contributed by atoms with Crippen LogP contribution in [0.4, 0.5) is 5.69 Å². The fourth-order valence-corrected chi connectivity index (χ4v) is 2.29. The molecule has 0 bridgehead atoms. The van der Waals surface area contributed by atoms with Crippen LogP contribution in [0, 0.1) is 0 Å². The van der Waals surface area contributed by atoms with E-state index in [4.69, 9.17) is 11.6 Å². The van der Waals surface area contributed by atoms with Crippen molar-refractivity contribution < 1.29 is 4.79 Å². The quantitative estimate of drug-likeness (QED) is 0.875. The third kappa shape index (κ3) is 2.27. The third-order valence-corrected chi connectivity index (χ3v) is 3.09. The van der Waals surface area contributed by atoms with Crippen molar-refractivity contribution in [3.63, 3.8) is 0 Å². The van der Waals surface area contributed by atoms with E-state index in [0.717, 1.165) is 15.9 Å². The third-order valence-electron chi connectivity index (χ3n) is 1.97. The molecular weight excluding hydrogens is 232 g/mol. The van der Waals surface area contributed by atoms with Crippen LogP contribution in [0.1, 0.15) is 13.3 Å². The SMILES string of the molecule is CCC(=O)Nc1ccc2nc(Cl)sc2c1. The Bertz CT molecular complexity index is 509. The van der Waals surface area contributed by atoms with E-state index >= 15 is 0 Å². The second-order valence-electron chi connectivity index (χ2n) is 3.05. The Morgan fingerprint density at radius 1 is 1.60 bits per heavy atom. The molecule has 1 heterocycles. The molecule has 1 amide bonds. The first-order chi connectivity index (χ1) is 7.19. The van der Waals surface area contributed by atoms with Gasteiger partial charge in [-0.3, -0.25) is 4.79 Å². The van der Waals surface area contributed by atoms with Crippen molar-refractivity contribution in [3.8, 4) is 0 Å². The number of nitrogens with one attached hydrogen (secondary N) is 1. The second kappa shape index (κ2) is 4.16. The van der Waals surface area contributed by atoms with Gasteiger partial charge in [-0.05, 0) is 18.2 Å². The summed E-state index contributed by atoms with van der Waals surface area (Å²) in [4.78, 5) is 15.3.